The van der Waals surface area contributed by atoms with Gasteiger partial charge in [-0.25, -0.2) is 9.20 Å². The number of hydrogen-bond donors (Lipinski definition) is 3. The number of nitrogens with one attached hydrogen (secondary N) is 1. The van der Waals surface area contributed by atoms with E-state index in [-0.39, 0.29) is 23.3 Å². The number of nitrogens with zero attached hydrogens (tertiary/aromatic N) is 4. The number of aliphatic hydroxyl groups is 2. The van der Waals surface area contributed by atoms with E-state index in [1.807, 2.05) is 0 Å². The minimum absolute atomic E-state index is 0.166. The second kappa shape index (κ2) is 7.10. The fraction of sp³-hybridized carbons (Fsp3) is 0.647. The summed E-state index contributed by atoms with van der Waals surface area (Å²) in [4.78, 5) is 24.9. The number of amides is 1. The molecule has 9 nitrogen and oxygen atoms in total. The molecular weight excluding hydrogens is 395 g/mol. The van der Waals surface area contributed by atoms with E-state index >= 15 is 0 Å². The van der Waals surface area contributed by atoms with E-state index in [1.165, 1.54) is 0 Å². The van der Waals surface area contributed by atoms with Crippen molar-refractivity contribution in [1.82, 2.24) is 24.7 Å². The van der Waals surface area contributed by atoms with Gasteiger partial charge in [-0.05, 0) is 25.8 Å². The number of carbonyl (C=O) groups is 1. The molecule has 1 atom stereocenters. The number of rotatable bonds is 5. The molecule has 1 aliphatic rings. The molecule has 3 rings (SSSR count). The van der Waals surface area contributed by atoms with E-state index < -0.39 is 41.6 Å². The maximum atomic E-state index is 12.8. The topological polar surface area (TPSA) is 122 Å². The van der Waals surface area contributed by atoms with Crippen LogP contribution in [0.25, 0.3) is 5.52 Å². The Morgan fingerprint density at radius 2 is 2.00 bits per heavy atom. The molecule has 0 saturated heterocycles. The van der Waals surface area contributed by atoms with Crippen LogP contribution in [0.4, 0.5) is 13.2 Å². The van der Waals surface area contributed by atoms with Crippen LogP contribution in [-0.4, -0.2) is 53.3 Å². The van der Waals surface area contributed by atoms with Gasteiger partial charge in [0.2, 0.25) is 5.91 Å². The van der Waals surface area contributed by atoms with Gasteiger partial charge in [0.05, 0.1) is 5.60 Å². The van der Waals surface area contributed by atoms with Gasteiger partial charge in [0, 0.05) is 12.0 Å². The summed E-state index contributed by atoms with van der Waals surface area (Å²) in [6.07, 6.45) is -7.01. The van der Waals surface area contributed by atoms with E-state index in [2.05, 4.69) is 15.5 Å². The van der Waals surface area contributed by atoms with Gasteiger partial charge < -0.3 is 15.5 Å². The minimum Gasteiger partial charge on any atom is -0.390 e. The Labute approximate surface area is 163 Å². The molecule has 29 heavy (non-hydrogen) atoms. The maximum absolute atomic E-state index is 12.8. The molecule has 1 amide bonds. The van der Waals surface area contributed by atoms with Crippen molar-refractivity contribution < 1.29 is 28.2 Å². The van der Waals surface area contributed by atoms with E-state index in [1.54, 1.807) is 20.8 Å². The molecule has 2 heterocycles. The van der Waals surface area contributed by atoms with Gasteiger partial charge in [0.15, 0.2) is 11.9 Å². The summed E-state index contributed by atoms with van der Waals surface area (Å²) in [5.41, 5.74) is -2.58. The average molecular weight is 417 g/mol. The molecule has 0 spiro atoms. The van der Waals surface area contributed by atoms with Crippen molar-refractivity contribution in [3.8, 4) is 0 Å². The Hall–Kier alpha value is -2.47. The second-order valence-electron chi connectivity index (χ2n) is 7.96. The maximum Gasteiger partial charge on any atom is 0.420 e. The largest absolute Gasteiger partial charge is 0.420 e. The highest BCUT2D eigenvalue weighted by Gasteiger charge is 2.42. The molecule has 0 aliphatic heterocycles. The summed E-state index contributed by atoms with van der Waals surface area (Å²) in [7, 11) is 0. The van der Waals surface area contributed by atoms with Crippen LogP contribution in [0.5, 0.6) is 0 Å². The second-order valence-corrected chi connectivity index (χ2v) is 7.96. The van der Waals surface area contributed by atoms with Gasteiger partial charge in [-0.3, -0.25) is 9.59 Å². The van der Waals surface area contributed by atoms with E-state index in [4.69, 9.17) is 0 Å². The molecule has 1 aliphatic carbocycles. The van der Waals surface area contributed by atoms with Gasteiger partial charge in [-0.15, -0.1) is 0 Å². The Morgan fingerprint density at radius 1 is 1.38 bits per heavy atom. The van der Waals surface area contributed by atoms with Crippen molar-refractivity contribution in [3.05, 3.63) is 27.9 Å². The molecule has 2 aromatic heterocycles. The van der Waals surface area contributed by atoms with Crippen LogP contribution in [0.15, 0.2) is 10.9 Å². The predicted molar refractivity (Wildman–Crippen MR) is 94.1 cm³/mol. The van der Waals surface area contributed by atoms with Crippen LogP contribution in [0.1, 0.15) is 57.2 Å². The Morgan fingerprint density at radius 3 is 2.52 bits per heavy atom. The lowest BCUT2D eigenvalue weighted by Gasteiger charge is -2.41. The lowest BCUT2D eigenvalue weighted by atomic mass is 9.77. The molecule has 1 saturated carbocycles. The predicted octanol–water partition coefficient (Wildman–Crippen LogP) is 0.640. The number of alkyl halides is 3. The van der Waals surface area contributed by atoms with Crippen molar-refractivity contribution >= 4 is 11.4 Å². The third-order valence-electron chi connectivity index (χ3n) is 4.76. The quantitative estimate of drug-likeness (QED) is 0.657. The number of aromatic nitrogens is 4. The number of halogens is 3. The zero-order valence-corrected chi connectivity index (χ0v) is 16.1. The molecule has 3 N–H and O–H groups in total. The number of fused-ring (bicyclic) bond motifs is 1. The summed E-state index contributed by atoms with van der Waals surface area (Å²) < 4.78 is 40.3. The van der Waals surface area contributed by atoms with Crippen LogP contribution in [0.2, 0.25) is 0 Å². The van der Waals surface area contributed by atoms with E-state index in [0.29, 0.717) is 12.8 Å². The Balaban J connectivity index is 1.93. The molecule has 0 bridgehead atoms. The molecule has 1 fully saturated rings. The highest BCUT2D eigenvalue weighted by Crippen LogP contribution is 2.32. The van der Waals surface area contributed by atoms with E-state index in [9.17, 15) is 33.0 Å². The van der Waals surface area contributed by atoms with Gasteiger partial charge in [0.1, 0.15) is 17.8 Å². The molecule has 0 radical (unpaired) electrons. The Bertz CT molecular complexity index is 987. The number of carbonyl (C=O) groups excluding carboxylic acids is 1. The Kier molecular flexibility index (Phi) is 5.20. The summed E-state index contributed by atoms with van der Waals surface area (Å²) in [6.45, 7) is 4.62. The summed E-state index contributed by atoms with van der Waals surface area (Å²) >= 11 is 0. The first-order valence-corrected chi connectivity index (χ1v) is 9.06. The van der Waals surface area contributed by atoms with Crippen LogP contribution >= 0.6 is 0 Å². The molecule has 12 heteroatoms. The standard InChI is InChI=1S/C17H22F3N5O4/c1-8(2)14-23-24(7-12(26)21-9-5-16(3,29)6-9)15(28)11-4-10(22-25(11)14)13(27)17(18,19)20/h4,8-9,13,27,29H,5-7H2,1-3H3,(H,21,26). The molecule has 160 valence electrons. The lowest BCUT2D eigenvalue weighted by molar-refractivity contribution is -0.208. The third-order valence-corrected chi connectivity index (χ3v) is 4.76. The lowest BCUT2D eigenvalue weighted by Crippen LogP contribution is -2.54. The fourth-order valence-electron chi connectivity index (χ4n) is 3.35. The van der Waals surface area contributed by atoms with Crippen LogP contribution in [-0.2, 0) is 11.3 Å². The third kappa shape index (κ3) is 4.27. The zero-order valence-electron chi connectivity index (χ0n) is 16.1. The van der Waals surface area contributed by atoms with Crippen LogP contribution in [0.3, 0.4) is 0 Å². The fourth-order valence-corrected chi connectivity index (χ4v) is 3.35. The monoisotopic (exact) mass is 417 g/mol. The van der Waals surface area contributed by atoms with Crippen LogP contribution in [0, 0.1) is 0 Å². The van der Waals surface area contributed by atoms with Crippen LogP contribution < -0.4 is 10.9 Å². The smallest absolute Gasteiger partial charge is 0.390 e. The molecular formula is C17H22F3N5O4. The summed E-state index contributed by atoms with van der Waals surface area (Å²) in [5.74, 6) is -0.668. The molecule has 0 aromatic carbocycles. The van der Waals surface area contributed by atoms with Gasteiger partial charge in [0.25, 0.3) is 5.56 Å². The zero-order chi connectivity index (χ0) is 21.7. The first-order chi connectivity index (χ1) is 13.3. The van der Waals surface area contributed by atoms with Gasteiger partial charge in [-0.1, -0.05) is 13.8 Å². The first-order valence-electron chi connectivity index (χ1n) is 9.06. The number of aliphatic hydroxyl groups excluding tert-OH is 1. The molecule has 2 aromatic rings. The van der Waals surface area contributed by atoms with E-state index in [0.717, 1.165) is 15.3 Å². The highest BCUT2D eigenvalue weighted by atomic mass is 19.4. The SMILES string of the molecule is CC(C)c1nn(CC(=O)NC2CC(C)(O)C2)c(=O)c2cc(C(O)C(F)(F)F)nn12. The summed E-state index contributed by atoms with van der Waals surface area (Å²) in [5, 5.41) is 29.6. The summed E-state index contributed by atoms with van der Waals surface area (Å²) in [6, 6.07) is 0.635. The van der Waals surface area contributed by atoms with Crippen molar-refractivity contribution in [2.45, 2.75) is 70.0 Å². The van der Waals surface area contributed by atoms with Gasteiger partial charge >= 0.3 is 6.18 Å². The van der Waals surface area contributed by atoms with Gasteiger partial charge in [-0.2, -0.15) is 23.4 Å². The normalized spacial score (nSPS) is 23.3. The first kappa shape index (κ1) is 21.2. The number of hydrogen-bond acceptors (Lipinski definition) is 6. The van der Waals surface area contributed by atoms with Crippen molar-refractivity contribution in [1.29, 1.82) is 0 Å². The molecule has 1 unspecified atom stereocenters. The highest BCUT2D eigenvalue weighted by molar-refractivity contribution is 5.76. The minimum atomic E-state index is -4.94. The average Bonchev–Trinajstić information content (AvgIpc) is 2.99. The van der Waals surface area contributed by atoms with Crippen molar-refractivity contribution in [3.63, 3.8) is 0 Å². The van der Waals surface area contributed by atoms with Crippen molar-refractivity contribution in [2.24, 2.45) is 0 Å². The van der Waals surface area contributed by atoms with Crippen molar-refractivity contribution in [2.75, 3.05) is 0 Å².